The monoisotopic (exact) mass is 142 g/mol. The Morgan fingerprint density at radius 1 is 1.40 bits per heavy atom. The van der Waals surface area contributed by atoms with Crippen LogP contribution in [0.1, 0.15) is 39.5 Å². The standard InChI is InChI=1S/C9H18O/c1-3-4-5-6-7-8-9(2)10/h4-5,9-10H,3,6-8H2,1-2H3/b5-4-/t9-/m0/s1. The average Bonchev–Trinajstić information content (AvgIpc) is 1.87. The predicted octanol–water partition coefficient (Wildman–Crippen LogP) is 2.50. The summed E-state index contributed by atoms with van der Waals surface area (Å²) < 4.78 is 0. The molecule has 0 aliphatic heterocycles. The van der Waals surface area contributed by atoms with Crippen molar-refractivity contribution < 1.29 is 5.11 Å². The van der Waals surface area contributed by atoms with Gasteiger partial charge in [-0.25, -0.2) is 0 Å². The van der Waals surface area contributed by atoms with Gasteiger partial charge in [0, 0.05) is 0 Å². The molecule has 1 N–H and O–H groups in total. The van der Waals surface area contributed by atoms with Crippen LogP contribution in [-0.2, 0) is 0 Å². The lowest BCUT2D eigenvalue weighted by atomic mass is 10.1. The van der Waals surface area contributed by atoms with Gasteiger partial charge in [-0.05, 0) is 32.6 Å². The molecule has 0 aliphatic carbocycles. The van der Waals surface area contributed by atoms with E-state index in [0.29, 0.717) is 0 Å². The predicted molar refractivity (Wildman–Crippen MR) is 45.0 cm³/mol. The fourth-order valence-electron chi connectivity index (χ4n) is 0.816. The van der Waals surface area contributed by atoms with Crippen molar-refractivity contribution in [2.75, 3.05) is 0 Å². The summed E-state index contributed by atoms with van der Waals surface area (Å²) in [6, 6.07) is 0. The maximum absolute atomic E-state index is 8.88. The molecule has 60 valence electrons. The lowest BCUT2D eigenvalue weighted by Gasteiger charge is -1.99. The van der Waals surface area contributed by atoms with Crippen LogP contribution in [-0.4, -0.2) is 11.2 Å². The van der Waals surface area contributed by atoms with E-state index in [9.17, 15) is 0 Å². The van der Waals surface area contributed by atoms with Crippen LogP contribution in [0.15, 0.2) is 12.2 Å². The first-order chi connectivity index (χ1) is 4.77. The van der Waals surface area contributed by atoms with Crippen LogP contribution in [0.25, 0.3) is 0 Å². The summed E-state index contributed by atoms with van der Waals surface area (Å²) in [5, 5.41) is 8.88. The highest BCUT2D eigenvalue weighted by Gasteiger charge is 1.91. The first kappa shape index (κ1) is 9.70. The minimum absolute atomic E-state index is 0.130. The SMILES string of the molecule is CC/C=C\CCC[C@H](C)O. The summed E-state index contributed by atoms with van der Waals surface area (Å²) in [5.74, 6) is 0. The molecule has 0 bridgehead atoms. The van der Waals surface area contributed by atoms with E-state index in [4.69, 9.17) is 5.11 Å². The fraction of sp³-hybridized carbons (Fsp3) is 0.778. The van der Waals surface area contributed by atoms with Gasteiger partial charge < -0.3 is 5.11 Å². The molecule has 0 radical (unpaired) electrons. The third kappa shape index (κ3) is 7.70. The summed E-state index contributed by atoms with van der Waals surface area (Å²) in [7, 11) is 0. The first-order valence-corrected chi connectivity index (χ1v) is 4.10. The van der Waals surface area contributed by atoms with Gasteiger partial charge in [0.1, 0.15) is 0 Å². The van der Waals surface area contributed by atoms with E-state index in [0.717, 1.165) is 25.7 Å². The Labute approximate surface area is 63.8 Å². The number of aliphatic hydroxyl groups is 1. The Balaban J connectivity index is 2.97. The van der Waals surface area contributed by atoms with Crippen LogP contribution in [0.3, 0.4) is 0 Å². The van der Waals surface area contributed by atoms with Gasteiger partial charge in [-0.1, -0.05) is 19.1 Å². The lowest BCUT2D eigenvalue weighted by molar-refractivity contribution is 0.182. The molecule has 0 rings (SSSR count). The Kier molecular flexibility index (Phi) is 6.61. The Bertz CT molecular complexity index is 84.7. The summed E-state index contributed by atoms with van der Waals surface area (Å²) in [4.78, 5) is 0. The second-order valence-corrected chi connectivity index (χ2v) is 2.66. The first-order valence-electron chi connectivity index (χ1n) is 4.10. The highest BCUT2D eigenvalue weighted by Crippen LogP contribution is 2.00. The van der Waals surface area contributed by atoms with Gasteiger partial charge in [-0.15, -0.1) is 0 Å². The molecule has 0 heterocycles. The van der Waals surface area contributed by atoms with E-state index in [1.54, 1.807) is 0 Å². The molecule has 1 heteroatoms. The maximum Gasteiger partial charge on any atom is 0.0512 e. The van der Waals surface area contributed by atoms with Gasteiger partial charge in [-0.3, -0.25) is 0 Å². The van der Waals surface area contributed by atoms with Gasteiger partial charge >= 0.3 is 0 Å². The number of hydrogen-bond acceptors (Lipinski definition) is 1. The highest BCUT2D eigenvalue weighted by atomic mass is 16.3. The van der Waals surface area contributed by atoms with Gasteiger partial charge in [0.25, 0.3) is 0 Å². The molecule has 0 fully saturated rings. The molecule has 10 heavy (non-hydrogen) atoms. The second-order valence-electron chi connectivity index (χ2n) is 2.66. The van der Waals surface area contributed by atoms with Crippen molar-refractivity contribution in [1.82, 2.24) is 0 Å². The van der Waals surface area contributed by atoms with Crippen molar-refractivity contribution in [3.8, 4) is 0 Å². The highest BCUT2D eigenvalue weighted by molar-refractivity contribution is 4.79. The van der Waals surface area contributed by atoms with E-state index in [-0.39, 0.29) is 6.10 Å². The number of aliphatic hydroxyl groups excluding tert-OH is 1. The van der Waals surface area contributed by atoms with Crippen LogP contribution in [0.4, 0.5) is 0 Å². The Morgan fingerprint density at radius 3 is 2.60 bits per heavy atom. The van der Waals surface area contributed by atoms with Crippen LogP contribution >= 0.6 is 0 Å². The van der Waals surface area contributed by atoms with Crippen LogP contribution < -0.4 is 0 Å². The van der Waals surface area contributed by atoms with E-state index in [1.165, 1.54) is 0 Å². The molecule has 0 spiro atoms. The molecule has 0 amide bonds. The van der Waals surface area contributed by atoms with Gasteiger partial charge in [-0.2, -0.15) is 0 Å². The molecule has 0 aromatic rings. The third-order valence-corrected chi connectivity index (χ3v) is 1.40. The smallest absolute Gasteiger partial charge is 0.0512 e. The number of unbranched alkanes of at least 4 members (excludes halogenated alkanes) is 1. The van der Waals surface area contributed by atoms with E-state index in [2.05, 4.69) is 19.1 Å². The molecule has 1 nitrogen and oxygen atoms in total. The van der Waals surface area contributed by atoms with Crippen molar-refractivity contribution in [1.29, 1.82) is 0 Å². The second kappa shape index (κ2) is 6.81. The zero-order valence-electron chi connectivity index (χ0n) is 7.01. The van der Waals surface area contributed by atoms with Crippen LogP contribution in [0, 0.1) is 0 Å². The van der Waals surface area contributed by atoms with Crippen LogP contribution in [0.5, 0.6) is 0 Å². The van der Waals surface area contributed by atoms with Crippen molar-refractivity contribution in [2.45, 2.75) is 45.6 Å². The molecular weight excluding hydrogens is 124 g/mol. The lowest BCUT2D eigenvalue weighted by Crippen LogP contribution is -1.97. The minimum Gasteiger partial charge on any atom is -0.393 e. The number of rotatable bonds is 5. The zero-order chi connectivity index (χ0) is 7.82. The van der Waals surface area contributed by atoms with Crippen molar-refractivity contribution in [3.63, 3.8) is 0 Å². The molecular formula is C9H18O. The van der Waals surface area contributed by atoms with E-state index >= 15 is 0 Å². The largest absolute Gasteiger partial charge is 0.393 e. The van der Waals surface area contributed by atoms with Gasteiger partial charge in [0.2, 0.25) is 0 Å². The Morgan fingerprint density at radius 2 is 2.10 bits per heavy atom. The van der Waals surface area contributed by atoms with Crippen molar-refractivity contribution >= 4 is 0 Å². The molecule has 0 saturated heterocycles. The number of hydrogen-bond donors (Lipinski definition) is 1. The summed E-state index contributed by atoms with van der Waals surface area (Å²) in [6.45, 7) is 3.97. The van der Waals surface area contributed by atoms with Crippen LogP contribution in [0.2, 0.25) is 0 Å². The molecule has 0 aromatic carbocycles. The van der Waals surface area contributed by atoms with E-state index in [1.807, 2.05) is 6.92 Å². The molecule has 1 atom stereocenters. The molecule has 0 aromatic heterocycles. The normalized spacial score (nSPS) is 14.3. The molecule has 0 aliphatic rings. The topological polar surface area (TPSA) is 20.2 Å². The number of allylic oxidation sites excluding steroid dienone is 2. The zero-order valence-corrected chi connectivity index (χ0v) is 7.01. The summed E-state index contributed by atoms with van der Waals surface area (Å²) >= 11 is 0. The van der Waals surface area contributed by atoms with Crippen molar-refractivity contribution in [2.24, 2.45) is 0 Å². The average molecular weight is 142 g/mol. The minimum atomic E-state index is -0.130. The van der Waals surface area contributed by atoms with E-state index < -0.39 is 0 Å². The third-order valence-electron chi connectivity index (χ3n) is 1.40. The summed E-state index contributed by atoms with van der Waals surface area (Å²) in [6.07, 6.45) is 8.48. The van der Waals surface area contributed by atoms with Gasteiger partial charge in [0.05, 0.1) is 6.10 Å². The molecule has 0 unspecified atom stereocenters. The summed E-state index contributed by atoms with van der Waals surface area (Å²) in [5.41, 5.74) is 0. The maximum atomic E-state index is 8.88. The Hall–Kier alpha value is -0.300. The van der Waals surface area contributed by atoms with Gasteiger partial charge in [0.15, 0.2) is 0 Å². The van der Waals surface area contributed by atoms with Crippen molar-refractivity contribution in [3.05, 3.63) is 12.2 Å². The fourth-order valence-corrected chi connectivity index (χ4v) is 0.816. The quantitative estimate of drug-likeness (QED) is 0.462. The molecule has 0 saturated carbocycles.